The molecular weight excluding hydrogens is 242 g/mol. The fourth-order valence-electron chi connectivity index (χ4n) is 2.71. The molecule has 2 aromatic rings. The van der Waals surface area contributed by atoms with Crippen molar-refractivity contribution in [1.29, 1.82) is 0 Å². The Kier molecular flexibility index (Phi) is 1.93. The summed E-state index contributed by atoms with van der Waals surface area (Å²) in [5.41, 5.74) is 1.19. The highest BCUT2D eigenvalue weighted by atomic mass is 16.5. The summed E-state index contributed by atoms with van der Waals surface area (Å²) in [5.74, 6) is 1.69. The molecule has 0 amide bonds. The number of fused-ring (bicyclic) bond motifs is 4. The number of benzene rings is 2. The molecule has 0 bridgehead atoms. The fourth-order valence-corrected chi connectivity index (χ4v) is 2.71. The Morgan fingerprint density at radius 1 is 1.05 bits per heavy atom. The summed E-state index contributed by atoms with van der Waals surface area (Å²) in [5, 5.41) is 9.73. The quantitative estimate of drug-likeness (QED) is 0.785. The van der Waals surface area contributed by atoms with Gasteiger partial charge in [-0.05, 0) is 24.3 Å². The van der Waals surface area contributed by atoms with E-state index < -0.39 is 5.54 Å². The highest BCUT2D eigenvalue weighted by Gasteiger charge is 2.45. The number of rotatable bonds is 0. The first-order valence-electron chi connectivity index (χ1n) is 6.06. The van der Waals surface area contributed by atoms with E-state index in [-0.39, 0.29) is 5.75 Å². The SMILES string of the molecule is Oc1ccc2c(c1)C1(COC=N1)c1ccccc1O2. The molecule has 94 valence electrons. The van der Waals surface area contributed by atoms with Gasteiger partial charge in [-0.2, -0.15) is 0 Å². The number of aromatic hydroxyl groups is 1. The zero-order chi connectivity index (χ0) is 12.9. The van der Waals surface area contributed by atoms with Gasteiger partial charge in [0.25, 0.3) is 0 Å². The molecule has 0 aliphatic carbocycles. The van der Waals surface area contributed by atoms with Crippen LogP contribution in [0, 0.1) is 0 Å². The average Bonchev–Trinajstić information content (AvgIpc) is 2.91. The van der Waals surface area contributed by atoms with E-state index in [4.69, 9.17) is 9.47 Å². The van der Waals surface area contributed by atoms with E-state index in [0.717, 1.165) is 16.9 Å². The number of hydrogen-bond donors (Lipinski definition) is 1. The van der Waals surface area contributed by atoms with Gasteiger partial charge < -0.3 is 14.6 Å². The Morgan fingerprint density at radius 2 is 1.89 bits per heavy atom. The van der Waals surface area contributed by atoms with Crippen molar-refractivity contribution in [3.63, 3.8) is 0 Å². The lowest BCUT2D eigenvalue weighted by Crippen LogP contribution is -2.30. The number of ether oxygens (including phenoxy) is 2. The fraction of sp³-hybridized carbons (Fsp3) is 0.133. The average molecular weight is 253 g/mol. The van der Waals surface area contributed by atoms with E-state index >= 15 is 0 Å². The van der Waals surface area contributed by atoms with E-state index in [9.17, 15) is 5.11 Å². The van der Waals surface area contributed by atoms with E-state index in [0.29, 0.717) is 12.4 Å². The molecule has 1 unspecified atom stereocenters. The number of nitrogens with zero attached hydrogens (tertiary/aromatic N) is 1. The van der Waals surface area contributed by atoms with E-state index in [1.54, 1.807) is 18.2 Å². The Hall–Kier alpha value is -2.49. The summed E-state index contributed by atoms with van der Waals surface area (Å²) in [6, 6.07) is 12.8. The molecule has 1 N–H and O–H groups in total. The molecule has 1 spiro atoms. The molecule has 0 radical (unpaired) electrons. The summed E-state index contributed by atoms with van der Waals surface area (Å²) < 4.78 is 11.2. The van der Waals surface area contributed by atoms with Crippen LogP contribution in [0.4, 0.5) is 0 Å². The Morgan fingerprint density at radius 3 is 2.74 bits per heavy atom. The van der Waals surface area contributed by atoms with Gasteiger partial charge in [0.05, 0.1) is 0 Å². The van der Waals surface area contributed by atoms with Crippen LogP contribution in [-0.2, 0) is 10.3 Å². The van der Waals surface area contributed by atoms with Crippen LogP contribution in [0.3, 0.4) is 0 Å². The van der Waals surface area contributed by atoms with Crippen LogP contribution in [-0.4, -0.2) is 18.1 Å². The lowest BCUT2D eigenvalue weighted by Gasteiger charge is -2.33. The van der Waals surface area contributed by atoms with Crippen molar-refractivity contribution in [3.05, 3.63) is 53.6 Å². The van der Waals surface area contributed by atoms with Gasteiger partial charge in [0.2, 0.25) is 0 Å². The molecule has 2 aliphatic rings. The third-order valence-corrected chi connectivity index (χ3v) is 3.60. The zero-order valence-corrected chi connectivity index (χ0v) is 10.0. The predicted molar refractivity (Wildman–Crippen MR) is 69.8 cm³/mol. The predicted octanol–water partition coefficient (Wildman–Crippen LogP) is 2.80. The lowest BCUT2D eigenvalue weighted by atomic mass is 9.81. The second-order valence-corrected chi connectivity index (χ2v) is 4.68. The minimum Gasteiger partial charge on any atom is -0.508 e. The first kappa shape index (κ1) is 10.4. The highest BCUT2D eigenvalue weighted by Crippen LogP contribution is 2.50. The van der Waals surface area contributed by atoms with Crippen molar-refractivity contribution >= 4 is 6.40 Å². The lowest BCUT2D eigenvalue weighted by molar-refractivity contribution is 0.273. The smallest absolute Gasteiger partial charge is 0.170 e. The topological polar surface area (TPSA) is 51.0 Å². The molecular formula is C15H11NO3. The van der Waals surface area contributed by atoms with Crippen LogP contribution in [0.15, 0.2) is 47.5 Å². The van der Waals surface area contributed by atoms with Crippen molar-refractivity contribution in [2.75, 3.05) is 6.61 Å². The second kappa shape index (κ2) is 3.51. The van der Waals surface area contributed by atoms with Gasteiger partial charge in [0.1, 0.15) is 23.9 Å². The monoisotopic (exact) mass is 253 g/mol. The molecule has 4 rings (SSSR count). The maximum Gasteiger partial charge on any atom is 0.170 e. The summed E-state index contributed by atoms with van der Waals surface area (Å²) in [7, 11) is 0. The molecule has 2 aliphatic heterocycles. The summed E-state index contributed by atoms with van der Waals surface area (Å²) in [6.45, 7) is 0.420. The van der Waals surface area contributed by atoms with E-state index in [2.05, 4.69) is 4.99 Å². The van der Waals surface area contributed by atoms with Crippen LogP contribution in [0.25, 0.3) is 0 Å². The minimum atomic E-state index is -0.608. The maximum atomic E-state index is 9.73. The van der Waals surface area contributed by atoms with Crippen LogP contribution in [0.5, 0.6) is 17.2 Å². The number of para-hydroxylation sites is 1. The van der Waals surface area contributed by atoms with Crippen molar-refractivity contribution < 1.29 is 14.6 Å². The van der Waals surface area contributed by atoms with Crippen molar-refractivity contribution in [1.82, 2.24) is 0 Å². The standard InChI is InChI=1S/C15H11NO3/c17-10-5-6-14-12(7-10)15(8-18-9-16-15)11-3-1-2-4-13(11)19-14/h1-7,9,17H,8H2. The third kappa shape index (κ3) is 1.31. The van der Waals surface area contributed by atoms with E-state index in [1.807, 2.05) is 24.3 Å². The zero-order valence-electron chi connectivity index (χ0n) is 10.0. The molecule has 0 aromatic heterocycles. The van der Waals surface area contributed by atoms with Gasteiger partial charge in [0.15, 0.2) is 11.9 Å². The number of aliphatic imine (C=N–C) groups is 1. The molecule has 2 aromatic carbocycles. The molecule has 4 heteroatoms. The summed E-state index contributed by atoms with van der Waals surface area (Å²) in [6.07, 6.45) is 1.47. The highest BCUT2D eigenvalue weighted by molar-refractivity contribution is 5.64. The third-order valence-electron chi connectivity index (χ3n) is 3.60. The van der Waals surface area contributed by atoms with Crippen LogP contribution < -0.4 is 4.74 Å². The van der Waals surface area contributed by atoms with E-state index in [1.165, 1.54) is 6.40 Å². The summed E-state index contributed by atoms with van der Waals surface area (Å²) >= 11 is 0. The molecule has 1 atom stereocenters. The molecule has 19 heavy (non-hydrogen) atoms. The molecule has 0 fully saturated rings. The second-order valence-electron chi connectivity index (χ2n) is 4.68. The van der Waals surface area contributed by atoms with Gasteiger partial charge in [-0.25, -0.2) is 4.99 Å². The van der Waals surface area contributed by atoms with Gasteiger partial charge in [-0.15, -0.1) is 0 Å². The van der Waals surface area contributed by atoms with Gasteiger partial charge in [0, 0.05) is 11.1 Å². The van der Waals surface area contributed by atoms with Crippen molar-refractivity contribution in [3.8, 4) is 17.2 Å². The maximum absolute atomic E-state index is 9.73. The Labute approximate surface area is 109 Å². The number of hydrogen-bond acceptors (Lipinski definition) is 4. The van der Waals surface area contributed by atoms with Crippen LogP contribution in [0.1, 0.15) is 11.1 Å². The van der Waals surface area contributed by atoms with Crippen molar-refractivity contribution in [2.45, 2.75) is 5.54 Å². The van der Waals surface area contributed by atoms with Gasteiger partial charge in [-0.1, -0.05) is 18.2 Å². The Balaban J connectivity index is 2.04. The van der Waals surface area contributed by atoms with Gasteiger partial charge in [-0.3, -0.25) is 0 Å². The first-order chi connectivity index (χ1) is 9.29. The normalized spacial score (nSPS) is 22.5. The largest absolute Gasteiger partial charge is 0.508 e. The molecule has 2 heterocycles. The first-order valence-corrected chi connectivity index (χ1v) is 6.06. The van der Waals surface area contributed by atoms with Crippen molar-refractivity contribution in [2.24, 2.45) is 4.99 Å². The van der Waals surface area contributed by atoms with Gasteiger partial charge >= 0.3 is 0 Å². The molecule has 4 nitrogen and oxygen atoms in total. The molecule has 0 saturated heterocycles. The minimum absolute atomic E-state index is 0.197. The number of phenols is 1. The molecule has 0 saturated carbocycles. The summed E-state index contributed by atoms with van der Waals surface area (Å²) in [4.78, 5) is 4.51. The Bertz CT molecular complexity index is 696. The number of phenolic OH excluding ortho intramolecular Hbond substituents is 1. The van der Waals surface area contributed by atoms with Crippen LogP contribution >= 0.6 is 0 Å². The van der Waals surface area contributed by atoms with Crippen LogP contribution in [0.2, 0.25) is 0 Å².